The zero-order chi connectivity index (χ0) is 17.4. The normalized spacial score (nSPS) is 10.2. The minimum absolute atomic E-state index is 0.0762. The van der Waals surface area contributed by atoms with Crippen LogP contribution in [0.25, 0.3) is 0 Å². The molecule has 2 aromatic carbocycles. The molecule has 0 fully saturated rings. The Morgan fingerprint density at radius 3 is 2.50 bits per heavy atom. The van der Waals surface area contributed by atoms with Crippen molar-refractivity contribution in [2.75, 3.05) is 6.54 Å². The first kappa shape index (κ1) is 18.3. The highest BCUT2D eigenvalue weighted by atomic mass is 35.5. The van der Waals surface area contributed by atoms with Gasteiger partial charge in [-0.25, -0.2) is 0 Å². The Hall–Kier alpha value is -2.04. The van der Waals surface area contributed by atoms with Crippen LogP contribution < -0.4 is 5.32 Å². The van der Waals surface area contributed by atoms with E-state index in [0.717, 1.165) is 5.56 Å². The molecule has 0 aliphatic rings. The number of halogens is 2. The van der Waals surface area contributed by atoms with Gasteiger partial charge in [-0.3, -0.25) is 9.59 Å². The highest BCUT2D eigenvalue weighted by Crippen LogP contribution is 2.21. The Labute approximate surface area is 150 Å². The summed E-state index contributed by atoms with van der Waals surface area (Å²) in [4.78, 5) is 23.4. The molecule has 24 heavy (non-hydrogen) atoms. The number of ether oxygens (including phenoxy) is 1. The minimum atomic E-state index is -0.402. The van der Waals surface area contributed by atoms with E-state index < -0.39 is 5.97 Å². The fourth-order valence-corrected chi connectivity index (χ4v) is 2.48. The van der Waals surface area contributed by atoms with Crippen LogP contribution in [0.4, 0.5) is 0 Å². The molecule has 1 N–H and O–H groups in total. The first-order valence-corrected chi connectivity index (χ1v) is 8.20. The number of benzene rings is 2. The topological polar surface area (TPSA) is 55.4 Å². The summed E-state index contributed by atoms with van der Waals surface area (Å²) in [6.07, 6.45) is 0.391. The molecular weight excluding hydrogens is 349 g/mol. The van der Waals surface area contributed by atoms with Crippen LogP contribution in [0.1, 0.15) is 17.5 Å². The molecule has 4 nitrogen and oxygen atoms in total. The lowest BCUT2D eigenvalue weighted by Crippen LogP contribution is -2.27. The van der Waals surface area contributed by atoms with Crippen LogP contribution in [0.2, 0.25) is 10.0 Å². The summed E-state index contributed by atoms with van der Waals surface area (Å²) in [7, 11) is 0. The molecule has 0 aromatic heterocycles. The highest BCUT2D eigenvalue weighted by Gasteiger charge is 2.08. The molecule has 1 amide bonds. The lowest BCUT2D eigenvalue weighted by atomic mass is 10.1. The van der Waals surface area contributed by atoms with Gasteiger partial charge >= 0.3 is 5.97 Å². The maximum Gasteiger partial charge on any atom is 0.307 e. The molecule has 2 aromatic rings. The van der Waals surface area contributed by atoms with Crippen molar-refractivity contribution in [1.29, 1.82) is 0 Å². The van der Waals surface area contributed by atoms with Crippen molar-refractivity contribution in [2.45, 2.75) is 19.4 Å². The van der Waals surface area contributed by atoms with E-state index in [1.807, 2.05) is 30.3 Å². The third kappa shape index (κ3) is 6.22. The van der Waals surface area contributed by atoms with E-state index in [2.05, 4.69) is 5.32 Å². The molecule has 2 rings (SSSR count). The average Bonchev–Trinajstić information content (AvgIpc) is 2.55. The van der Waals surface area contributed by atoms with E-state index in [1.54, 1.807) is 18.2 Å². The maximum absolute atomic E-state index is 11.8. The van der Waals surface area contributed by atoms with Crippen molar-refractivity contribution >= 4 is 35.1 Å². The van der Waals surface area contributed by atoms with Crippen LogP contribution in [0.5, 0.6) is 0 Å². The molecule has 0 unspecified atom stereocenters. The maximum atomic E-state index is 11.8. The first-order chi connectivity index (χ1) is 11.5. The predicted molar refractivity (Wildman–Crippen MR) is 94.0 cm³/mol. The quantitative estimate of drug-likeness (QED) is 0.759. The Morgan fingerprint density at radius 1 is 1.04 bits per heavy atom. The molecule has 0 spiro atoms. The van der Waals surface area contributed by atoms with Crippen LogP contribution in [0.3, 0.4) is 0 Å². The predicted octanol–water partition coefficient (Wildman–Crippen LogP) is 3.79. The summed E-state index contributed by atoms with van der Waals surface area (Å²) in [6, 6.07) is 14.4. The van der Waals surface area contributed by atoms with E-state index in [-0.39, 0.29) is 31.9 Å². The van der Waals surface area contributed by atoms with Crippen LogP contribution in [0.15, 0.2) is 48.5 Å². The van der Waals surface area contributed by atoms with E-state index in [1.165, 1.54) is 0 Å². The summed E-state index contributed by atoms with van der Waals surface area (Å²) in [5.41, 5.74) is 1.61. The fraction of sp³-hybridized carbons (Fsp3) is 0.222. The second-order valence-corrected chi connectivity index (χ2v) is 6.00. The minimum Gasteiger partial charge on any atom is -0.461 e. The Kier molecular flexibility index (Phi) is 7.09. The van der Waals surface area contributed by atoms with E-state index >= 15 is 0 Å². The van der Waals surface area contributed by atoms with Gasteiger partial charge in [0, 0.05) is 22.2 Å². The third-order valence-corrected chi connectivity index (χ3v) is 3.85. The monoisotopic (exact) mass is 365 g/mol. The van der Waals surface area contributed by atoms with Gasteiger partial charge in [-0.1, -0.05) is 59.6 Å². The van der Waals surface area contributed by atoms with E-state index in [4.69, 9.17) is 27.9 Å². The van der Waals surface area contributed by atoms with Gasteiger partial charge in [-0.15, -0.1) is 0 Å². The number of esters is 1. The van der Waals surface area contributed by atoms with Crippen LogP contribution in [-0.2, 0) is 27.4 Å². The van der Waals surface area contributed by atoms with Gasteiger partial charge in [-0.05, 0) is 17.7 Å². The van der Waals surface area contributed by atoms with Gasteiger partial charge in [0.2, 0.25) is 5.91 Å². The SMILES string of the molecule is O=C(Cc1ccccc1)NCCC(=O)OCc1ccc(Cl)cc1Cl. The van der Waals surface area contributed by atoms with Crippen molar-refractivity contribution in [3.63, 3.8) is 0 Å². The van der Waals surface area contributed by atoms with Gasteiger partial charge in [0.25, 0.3) is 0 Å². The Bertz CT molecular complexity index is 705. The van der Waals surface area contributed by atoms with Crippen LogP contribution in [0, 0.1) is 0 Å². The lowest BCUT2D eigenvalue weighted by molar-refractivity contribution is -0.144. The second kappa shape index (κ2) is 9.30. The summed E-state index contributed by atoms with van der Waals surface area (Å²) in [5.74, 6) is -0.532. The Morgan fingerprint density at radius 2 is 1.79 bits per heavy atom. The van der Waals surface area contributed by atoms with Crippen LogP contribution in [-0.4, -0.2) is 18.4 Å². The number of rotatable bonds is 7. The Balaban J connectivity index is 1.67. The summed E-state index contributed by atoms with van der Waals surface area (Å²) < 4.78 is 5.13. The molecule has 0 aliphatic carbocycles. The average molecular weight is 366 g/mol. The largest absolute Gasteiger partial charge is 0.461 e. The smallest absolute Gasteiger partial charge is 0.307 e. The first-order valence-electron chi connectivity index (χ1n) is 7.45. The number of carbonyl (C=O) groups excluding carboxylic acids is 2. The molecule has 0 radical (unpaired) electrons. The zero-order valence-electron chi connectivity index (χ0n) is 12.9. The summed E-state index contributed by atoms with van der Waals surface area (Å²) in [5, 5.41) is 3.67. The lowest BCUT2D eigenvalue weighted by Gasteiger charge is -2.08. The van der Waals surface area contributed by atoms with E-state index in [0.29, 0.717) is 15.6 Å². The molecule has 6 heteroatoms. The standard InChI is InChI=1S/C18H17Cl2NO3/c19-15-7-6-14(16(20)11-15)12-24-18(23)8-9-21-17(22)10-13-4-2-1-3-5-13/h1-7,11H,8-10,12H2,(H,21,22). The molecule has 0 atom stereocenters. The summed E-state index contributed by atoms with van der Waals surface area (Å²) in [6.45, 7) is 0.311. The number of hydrogen-bond donors (Lipinski definition) is 1. The van der Waals surface area contributed by atoms with Gasteiger partial charge in [-0.2, -0.15) is 0 Å². The van der Waals surface area contributed by atoms with Crippen LogP contribution >= 0.6 is 23.2 Å². The molecule has 0 bridgehead atoms. The second-order valence-electron chi connectivity index (χ2n) is 5.16. The molecule has 126 valence electrons. The molecule has 0 saturated heterocycles. The zero-order valence-corrected chi connectivity index (χ0v) is 14.4. The summed E-state index contributed by atoms with van der Waals surface area (Å²) >= 11 is 11.8. The van der Waals surface area contributed by atoms with Crippen molar-refractivity contribution in [2.24, 2.45) is 0 Å². The number of hydrogen-bond acceptors (Lipinski definition) is 3. The van der Waals surface area contributed by atoms with Gasteiger partial charge in [0.1, 0.15) is 6.61 Å². The highest BCUT2D eigenvalue weighted by molar-refractivity contribution is 6.35. The molecule has 0 heterocycles. The number of amides is 1. The van der Waals surface area contributed by atoms with Crippen molar-refractivity contribution in [3.8, 4) is 0 Å². The van der Waals surface area contributed by atoms with Crippen molar-refractivity contribution < 1.29 is 14.3 Å². The number of nitrogens with one attached hydrogen (secondary N) is 1. The molecule has 0 aliphatic heterocycles. The molecular formula is C18H17Cl2NO3. The van der Waals surface area contributed by atoms with E-state index in [9.17, 15) is 9.59 Å². The van der Waals surface area contributed by atoms with Gasteiger partial charge in [0.15, 0.2) is 0 Å². The van der Waals surface area contributed by atoms with Gasteiger partial charge < -0.3 is 10.1 Å². The third-order valence-electron chi connectivity index (χ3n) is 3.26. The molecule has 0 saturated carbocycles. The van der Waals surface area contributed by atoms with Crippen molar-refractivity contribution in [3.05, 3.63) is 69.7 Å². The van der Waals surface area contributed by atoms with Crippen molar-refractivity contribution in [1.82, 2.24) is 5.32 Å². The number of carbonyl (C=O) groups is 2. The van der Waals surface area contributed by atoms with Gasteiger partial charge in [0.05, 0.1) is 12.8 Å². The fourth-order valence-electron chi connectivity index (χ4n) is 2.02.